The molecule has 8 heteroatoms. The van der Waals surface area contributed by atoms with E-state index in [2.05, 4.69) is 5.32 Å². The molecule has 3 rings (SSSR count). The summed E-state index contributed by atoms with van der Waals surface area (Å²) in [5.74, 6) is -0.544. The fourth-order valence-corrected chi connectivity index (χ4v) is 4.81. The van der Waals surface area contributed by atoms with Gasteiger partial charge in [-0.3, -0.25) is 4.79 Å². The van der Waals surface area contributed by atoms with Crippen molar-refractivity contribution in [2.75, 3.05) is 11.9 Å². The number of nitrogens with zero attached hydrogens (tertiary/aromatic N) is 1. The fourth-order valence-electron chi connectivity index (χ4n) is 2.94. The second kappa shape index (κ2) is 9.83. The van der Waals surface area contributed by atoms with Gasteiger partial charge in [-0.1, -0.05) is 76.8 Å². The Morgan fingerprint density at radius 1 is 0.871 bits per heavy atom. The molecule has 3 aromatic rings. The molecule has 0 saturated carbocycles. The number of aryl methyl sites for hydroxylation is 2. The topological polar surface area (TPSA) is 66.5 Å². The van der Waals surface area contributed by atoms with Crippen LogP contribution >= 0.6 is 23.2 Å². The molecule has 0 radical (unpaired) electrons. The maximum absolute atomic E-state index is 13.3. The van der Waals surface area contributed by atoms with E-state index >= 15 is 0 Å². The zero-order valence-corrected chi connectivity index (χ0v) is 19.4. The molecule has 0 bridgehead atoms. The van der Waals surface area contributed by atoms with Gasteiger partial charge < -0.3 is 5.32 Å². The van der Waals surface area contributed by atoms with Crippen LogP contribution in [0.2, 0.25) is 10.0 Å². The van der Waals surface area contributed by atoms with Gasteiger partial charge in [0.25, 0.3) is 0 Å². The highest BCUT2D eigenvalue weighted by molar-refractivity contribution is 7.89. The molecule has 0 aliphatic rings. The quantitative estimate of drug-likeness (QED) is 0.493. The third-order valence-corrected chi connectivity index (χ3v) is 7.12. The van der Waals surface area contributed by atoms with Gasteiger partial charge in [0, 0.05) is 6.54 Å². The highest BCUT2D eigenvalue weighted by Gasteiger charge is 2.27. The average molecular weight is 477 g/mol. The summed E-state index contributed by atoms with van der Waals surface area (Å²) in [4.78, 5) is 12.9. The number of sulfonamides is 1. The smallest absolute Gasteiger partial charge is 0.243 e. The highest BCUT2D eigenvalue weighted by Crippen LogP contribution is 2.30. The summed E-state index contributed by atoms with van der Waals surface area (Å²) >= 11 is 12.2. The predicted octanol–water partition coefficient (Wildman–Crippen LogP) is 5.44. The fraction of sp³-hybridized carbons (Fsp3) is 0.174. The van der Waals surface area contributed by atoms with Gasteiger partial charge in [-0.2, -0.15) is 4.31 Å². The lowest BCUT2D eigenvalue weighted by molar-refractivity contribution is -0.116. The van der Waals surface area contributed by atoms with Crippen LogP contribution < -0.4 is 5.32 Å². The van der Waals surface area contributed by atoms with Crippen LogP contribution in [-0.2, 0) is 21.4 Å². The van der Waals surface area contributed by atoms with Crippen LogP contribution in [0.1, 0.15) is 16.7 Å². The third kappa shape index (κ3) is 5.86. The van der Waals surface area contributed by atoms with Crippen LogP contribution in [0.15, 0.2) is 71.6 Å². The van der Waals surface area contributed by atoms with E-state index in [0.717, 1.165) is 21.0 Å². The van der Waals surface area contributed by atoms with E-state index in [4.69, 9.17) is 23.2 Å². The minimum atomic E-state index is -3.93. The highest BCUT2D eigenvalue weighted by atomic mass is 35.5. The van der Waals surface area contributed by atoms with Crippen molar-refractivity contribution < 1.29 is 13.2 Å². The lowest BCUT2D eigenvalue weighted by atomic mass is 10.1. The molecule has 0 spiro atoms. The van der Waals surface area contributed by atoms with Gasteiger partial charge in [0.15, 0.2) is 0 Å². The Morgan fingerprint density at radius 2 is 1.39 bits per heavy atom. The van der Waals surface area contributed by atoms with E-state index < -0.39 is 22.5 Å². The molecule has 31 heavy (non-hydrogen) atoms. The maximum Gasteiger partial charge on any atom is 0.243 e. The summed E-state index contributed by atoms with van der Waals surface area (Å²) in [6.07, 6.45) is 0. The zero-order chi connectivity index (χ0) is 22.6. The van der Waals surface area contributed by atoms with E-state index in [9.17, 15) is 13.2 Å². The van der Waals surface area contributed by atoms with E-state index in [1.54, 1.807) is 30.3 Å². The number of carbonyl (C=O) groups excluding carboxylic acids is 1. The largest absolute Gasteiger partial charge is 0.322 e. The van der Waals surface area contributed by atoms with Gasteiger partial charge in [-0.25, -0.2) is 8.42 Å². The van der Waals surface area contributed by atoms with Gasteiger partial charge in [0.2, 0.25) is 15.9 Å². The molecule has 0 aliphatic heterocycles. The van der Waals surface area contributed by atoms with Gasteiger partial charge in [0.1, 0.15) is 0 Å². The van der Waals surface area contributed by atoms with Gasteiger partial charge >= 0.3 is 0 Å². The number of para-hydroxylation sites is 1. The minimum Gasteiger partial charge on any atom is -0.322 e. The number of anilines is 1. The summed E-state index contributed by atoms with van der Waals surface area (Å²) in [5.41, 5.74) is 3.02. The monoisotopic (exact) mass is 476 g/mol. The Hall–Kier alpha value is -2.38. The molecule has 0 atom stereocenters. The van der Waals surface area contributed by atoms with Crippen molar-refractivity contribution in [1.82, 2.24) is 4.31 Å². The lowest BCUT2D eigenvalue weighted by Gasteiger charge is -2.22. The van der Waals surface area contributed by atoms with E-state index in [-0.39, 0.29) is 27.2 Å². The van der Waals surface area contributed by atoms with Gasteiger partial charge in [-0.15, -0.1) is 0 Å². The molecule has 0 fully saturated rings. The lowest BCUT2D eigenvalue weighted by Crippen LogP contribution is -2.37. The number of hydrogen-bond donors (Lipinski definition) is 1. The van der Waals surface area contributed by atoms with Crippen molar-refractivity contribution >= 4 is 44.8 Å². The first kappa shape index (κ1) is 23.3. The molecular formula is C23H22Cl2N2O3S. The molecule has 0 unspecified atom stereocenters. The molecule has 3 aromatic carbocycles. The number of nitrogens with one attached hydrogen (secondary N) is 1. The number of carbonyl (C=O) groups is 1. The van der Waals surface area contributed by atoms with Crippen LogP contribution in [0, 0.1) is 13.8 Å². The maximum atomic E-state index is 13.3. The first-order valence-electron chi connectivity index (χ1n) is 9.53. The Labute approximate surface area is 192 Å². The Kier molecular flexibility index (Phi) is 7.38. The summed E-state index contributed by atoms with van der Waals surface area (Å²) in [6.45, 7) is 3.47. The van der Waals surface area contributed by atoms with Crippen molar-refractivity contribution in [2.45, 2.75) is 25.3 Å². The molecule has 0 saturated heterocycles. The van der Waals surface area contributed by atoms with Crippen LogP contribution in [0.25, 0.3) is 0 Å². The standard InChI is InChI=1S/C23H22Cl2N2O3S/c1-16-6-10-18(11-7-16)14-27(31(29,30)19-12-8-17(2)9-13-19)15-22(28)26-23-20(24)4-3-5-21(23)25/h3-13H,14-15H2,1-2H3,(H,26,28). The number of halogens is 2. The minimum absolute atomic E-state index is 0.0418. The van der Waals surface area contributed by atoms with Crippen LogP contribution in [0.4, 0.5) is 5.69 Å². The normalized spacial score (nSPS) is 11.5. The Bertz CT molecular complexity index is 1160. The average Bonchev–Trinajstić information content (AvgIpc) is 2.72. The van der Waals surface area contributed by atoms with Crippen molar-refractivity contribution in [1.29, 1.82) is 0 Å². The number of benzene rings is 3. The van der Waals surface area contributed by atoms with E-state index in [0.29, 0.717) is 0 Å². The van der Waals surface area contributed by atoms with Crippen molar-refractivity contribution in [3.05, 3.63) is 93.5 Å². The molecule has 1 amide bonds. The van der Waals surface area contributed by atoms with Crippen LogP contribution in [0.3, 0.4) is 0 Å². The molecule has 0 aromatic heterocycles. The third-order valence-electron chi connectivity index (χ3n) is 4.69. The first-order valence-corrected chi connectivity index (χ1v) is 11.7. The summed E-state index contributed by atoms with van der Waals surface area (Å²) in [6, 6.07) is 18.8. The second-order valence-electron chi connectivity index (χ2n) is 7.22. The summed E-state index contributed by atoms with van der Waals surface area (Å²) < 4.78 is 27.8. The van der Waals surface area contributed by atoms with Crippen molar-refractivity contribution in [2.24, 2.45) is 0 Å². The number of amides is 1. The van der Waals surface area contributed by atoms with Crippen molar-refractivity contribution in [3.63, 3.8) is 0 Å². The molecule has 0 heterocycles. The van der Waals surface area contributed by atoms with Crippen LogP contribution in [0.5, 0.6) is 0 Å². The van der Waals surface area contributed by atoms with Crippen LogP contribution in [-0.4, -0.2) is 25.2 Å². The molecule has 5 nitrogen and oxygen atoms in total. The summed E-state index contributed by atoms with van der Waals surface area (Å²) in [5, 5.41) is 3.17. The molecule has 162 valence electrons. The van der Waals surface area contributed by atoms with Crippen molar-refractivity contribution in [3.8, 4) is 0 Å². The number of rotatable bonds is 7. The molecule has 0 aliphatic carbocycles. The van der Waals surface area contributed by atoms with E-state index in [1.807, 2.05) is 38.1 Å². The van der Waals surface area contributed by atoms with Gasteiger partial charge in [-0.05, 0) is 43.7 Å². The summed E-state index contributed by atoms with van der Waals surface area (Å²) in [7, 11) is -3.93. The zero-order valence-electron chi connectivity index (χ0n) is 17.1. The second-order valence-corrected chi connectivity index (χ2v) is 9.97. The number of hydrogen-bond acceptors (Lipinski definition) is 3. The first-order chi connectivity index (χ1) is 14.7. The SMILES string of the molecule is Cc1ccc(CN(CC(=O)Nc2c(Cl)cccc2Cl)S(=O)(=O)c2ccc(C)cc2)cc1. The Morgan fingerprint density at radius 3 is 1.94 bits per heavy atom. The van der Waals surface area contributed by atoms with Gasteiger partial charge in [0.05, 0.1) is 27.2 Å². The van der Waals surface area contributed by atoms with E-state index in [1.165, 1.54) is 12.1 Å². The predicted molar refractivity (Wildman–Crippen MR) is 125 cm³/mol. The Balaban J connectivity index is 1.90. The molecular weight excluding hydrogens is 455 g/mol. The molecule has 1 N–H and O–H groups in total.